The lowest BCUT2D eigenvalue weighted by Crippen LogP contribution is -2.33. The summed E-state index contributed by atoms with van der Waals surface area (Å²) >= 11 is 1.36. The molecular weight excluding hydrogens is 236 g/mol. The Bertz CT molecular complexity index is 548. The highest BCUT2D eigenvalue weighted by Gasteiger charge is 2.23. The maximum Gasteiger partial charge on any atom is 0.305 e. The molecule has 0 bridgehead atoms. The van der Waals surface area contributed by atoms with Gasteiger partial charge in [0.2, 0.25) is 0 Å². The van der Waals surface area contributed by atoms with Crippen LogP contribution in [0.2, 0.25) is 0 Å². The molecule has 0 radical (unpaired) electrons. The van der Waals surface area contributed by atoms with Crippen LogP contribution in [0.15, 0.2) is 24.3 Å². The smallest absolute Gasteiger partial charge is 0.305 e. The summed E-state index contributed by atoms with van der Waals surface area (Å²) in [7, 11) is 0. The highest BCUT2D eigenvalue weighted by Crippen LogP contribution is 2.30. The topological polar surface area (TPSA) is 62.2 Å². The molecular formula is C12H14N2O2S. The van der Waals surface area contributed by atoms with Gasteiger partial charge in [0.05, 0.1) is 11.9 Å². The summed E-state index contributed by atoms with van der Waals surface area (Å²) in [6, 6.07) is 7.82. The SMILES string of the molecule is CC(C)(CC(=O)O)Nc1snc2ccccc12. The molecule has 0 saturated carbocycles. The molecule has 0 atom stereocenters. The summed E-state index contributed by atoms with van der Waals surface area (Å²) in [5.41, 5.74) is 0.451. The first-order chi connectivity index (χ1) is 7.98. The van der Waals surface area contributed by atoms with Crippen LogP contribution in [0.5, 0.6) is 0 Å². The van der Waals surface area contributed by atoms with Crippen molar-refractivity contribution >= 4 is 33.4 Å². The van der Waals surface area contributed by atoms with Crippen molar-refractivity contribution in [2.24, 2.45) is 0 Å². The number of carboxylic acid groups (broad SMARTS) is 1. The summed E-state index contributed by atoms with van der Waals surface area (Å²) in [5, 5.41) is 14.0. The predicted molar refractivity (Wildman–Crippen MR) is 69.6 cm³/mol. The fourth-order valence-electron chi connectivity index (χ4n) is 1.71. The first kappa shape index (κ1) is 11.9. The van der Waals surface area contributed by atoms with Crippen molar-refractivity contribution in [3.63, 3.8) is 0 Å². The van der Waals surface area contributed by atoms with E-state index in [0.717, 1.165) is 15.9 Å². The molecule has 4 nitrogen and oxygen atoms in total. The lowest BCUT2D eigenvalue weighted by Gasteiger charge is -2.24. The van der Waals surface area contributed by atoms with Crippen LogP contribution in [0.3, 0.4) is 0 Å². The van der Waals surface area contributed by atoms with Crippen molar-refractivity contribution in [1.29, 1.82) is 0 Å². The summed E-state index contributed by atoms with van der Waals surface area (Å²) in [5.74, 6) is -0.809. The quantitative estimate of drug-likeness (QED) is 0.875. The van der Waals surface area contributed by atoms with Crippen LogP contribution < -0.4 is 5.32 Å². The van der Waals surface area contributed by atoms with Gasteiger partial charge in [-0.3, -0.25) is 4.79 Å². The number of rotatable bonds is 4. The highest BCUT2D eigenvalue weighted by molar-refractivity contribution is 7.11. The number of benzene rings is 1. The minimum absolute atomic E-state index is 0.0687. The number of aliphatic carboxylic acids is 1. The first-order valence-electron chi connectivity index (χ1n) is 5.32. The lowest BCUT2D eigenvalue weighted by molar-refractivity contribution is -0.137. The molecule has 17 heavy (non-hydrogen) atoms. The molecule has 90 valence electrons. The van der Waals surface area contributed by atoms with Gasteiger partial charge in [-0.05, 0) is 37.5 Å². The van der Waals surface area contributed by atoms with Gasteiger partial charge in [-0.2, -0.15) is 4.37 Å². The monoisotopic (exact) mass is 250 g/mol. The maximum atomic E-state index is 10.8. The fourth-order valence-corrected chi connectivity index (χ4v) is 2.65. The second-order valence-electron chi connectivity index (χ2n) is 4.61. The van der Waals surface area contributed by atoms with E-state index in [1.54, 1.807) is 0 Å². The molecule has 5 heteroatoms. The van der Waals surface area contributed by atoms with Crippen LogP contribution in [0.25, 0.3) is 10.9 Å². The number of anilines is 1. The van der Waals surface area contributed by atoms with E-state index in [9.17, 15) is 4.79 Å². The number of hydrogen-bond donors (Lipinski definition) is 2. The van der Waals surface area contributed by atoms with Gasteiger partial charge in [-0.25, -0.2) is 0 Å². The number of carbonyl (C=O) groups is 1. The predicted octanol–water partition coefficient (Wildman–Crippen LogP) is 2.96. The second kappa shape index (κ2) is 4.33. The van der Waals surface area contributed by atoms with Gasteiger partial charge in [-0.1, -0.05) is 12.1 Å². The molecule has 2 aromatic rings. The fraction of sp³-hybridized carbons (Fsp3) is 0.333. The maximum absolute atomic E-state index is 10.8. The van der Waals surface area contributed by atoms with E-state index in [2.05, 4.69) is 9.69 Å². The largest absolute Gasteiger partial charge is 0.481 e. The minimum Gasteiger partial charge on any atom is -0.481 e. The number of aromatic nitrogens is 1. The van der Waals surface area contributed by atoms with Crippen LogP contribution in [-0.2, 0) is 4.79 Å². The number of nitrogens with one attached hydrogen (secondary N) is 1. The van der Waals surface area contributed by atoms with Gasteiger partial charge in [0.25, 0.3) is 0 Å². The molecule has 2 rings (SSSR count). The molecule has 0 aliphatic rings. The molecule has 0 saturated heterocycles. The van der Waals surface area contributed by atoms with Gasteiger partial charge in [0, 0.05) is 10.9 Å². The number of nitrogens with zero attached hydrogens (tertiary/aromatic N) is 1. The Morgan fingerprint density at radius 1 is 1.47 bits per heavy atom. The molecule has 2 N–H and O–H groups in total. The zero-order chi connectivity index (χ0) is 12.5. The van der Waals surface area contributed by atoms with Crippen LogP contribution in [0.4, 0.5) is 5.00 Å². The molecule has 1 aromatic carbocycles. The Labute approximate surface area is 103 Å². The average Bonchev–Trinajstić information content (AvgIpc) is 2.59. The van der Waals surface area contributed by atoms with Crippen LogP contribution >= 0.6 is 11.5 Å². The van der Waals surface area contributed by atoms with Gasteiger partial charge in [-0.15, -0.1) is 0 Å². The van der Waals surface area contributed by atoms with Crippen LogP contribution in [0.1, 0.15) is 20.3 Å². The van der Waals surface area contributed by atoms with Crippen molar-refractivity contribution in [3.05, 3.63) is 24.3 Å². The van der Waals surface area contributed by atoms with Crippen LogP contribution in [-0.4, -0.2) is 21.0 Å². The van der Waals surface area contributed by atoms with E-state index >= 15 is 0 Å². The van der Waals surface area contributed by atoms with Crippen LogP contribution in [0, 0.1) is 0 Å². The van der Waals surface area contributed by atoms with E-state index < -0.39 is 11.5 Å². The van der Waals surface area contributed by atoms with E-state index in [0.29, 0.717) is 0 Å². The van der Waals surface area contributed by atoms with Crippen molar-refractivity contribution in [3.8, 4) is 0 Å². The molecule has 0 amide bonds. The normalized spacial score (nSPS) is 11.6. The number of fused-ring (bicyclic) bond motifs is 1. The molecule has 0 fully saturated rings. The van der Waals surface area contributed by atoms with Crippen molar-refractivity contribution in [1.82, 2.24) is 4.37 Å². The third kappa shape index (κ3) is 2.74. The average molecular weight is 250 g/mol. The van der Waals surface area contributed by atoms with E-state index in [4.69, 9.17) is 5.11 Å². The molecule has 1 heterocycles. The Balaban J connectivity index is 2.26. The van der Waals surface area contributed by atoms with Crippen molar-refractivity contribution < 1.29 is 9.90 Å². The van der Waals surface area contributed by atoms with E-state index in [1.165, 1.54) is 11.5 Å². The highest BCUT2D eigenvalue weighted by atomic mass is 32.1. The zero-order valence-electron chi connectivity index (χ0n) is 9.73. The van der Waals surface area contributed by atoms with Gasteiger partial charge >= 0.3 is 5.97 Å². The summed E-state index contributed by atoms with van der Waals surface area (Å²) in [4.78, 5) is 10.8. The van der Waals surface area contributed by atoms with Gasteiger partial charge < -0.3 is 10.4 Å². The van der Waals surface area contributed by atoms with Crippen molar-refractivity contribution in [2.75, 3.05) is 5.32 Å². The summed E-state index contributed by atoms with van der Waals surface area (Å²) < 4.78 is 4.31. The Morgan fingerprint density at radius 2 is 2.18 bits per heavy atom. The molecule has 0 aliphatic carbocycles. The third-order valence-corrected chi connectivity index (χ3v) is 3.22. The number of hydrogen-bond acceptors (Lipinski definition) is 4. The van der Waals surface area contributed by atoms with Crippen molar-refractivity contribution in [2.45, 2.75) is 25.8 Å². The third-order valence-electron chi connectivity index (χ3n) is 2.43. The molecule has 1 aromatic heterocycles. The lowest BCUT2D eigenvalue weighted by atomic mass is 10.0. The van der Waals surface area contributed by atoms with Gasteiger partial charge in [0.15, 0.2) is 0 Å². The standard InChI is InChI=1S/C12H14N2O2S/c1-12(2,7-10(15)16)13-11-8-5-3-4-6-9(8)14-17-11/h3-6,13H,7H2,1-2H3,(H,15,16). The first-order valence-corrected chi connectivity index (χ1v) is 6.10. The number of carboxylic acids is 1. The van der Waals surface area contributed by atoms with E-state index in [-0.39, 0.29) is 6.42 Å². The molecule has 0 aliphatic heterocycles. The minimum atomic E-state index is -0.809. The summed E-state index contributed by atoms with van der Waals surface area (Å²) in [6.07, 6.45) is 0.0687. The molecule has 0 spiro atoms. The second-order valence-corrected chi connectivity index (χ2v) is 5.38. The Morgan fingerprint density at radius 3 is 2.88 bits per heavy atom. The Hall–Kier alpha value is -1.62. The van der Waals surface area contributed by atoms with E-state index in [1.807, 2.05) is 38.1 Å². The zero-order valence-corrected chi connectivity index (χ0v) is 10.5. The summed E-state index contributed by atoms with van der Waals surface area (Å²) in [6.45, 7) is 3.74. The van der Waals surface area contributed by atoms with Gasteiger partial charge in [0.1, 0.15) is 5.00 Å². The molecule has 0 unspecified atom stereocenters. The Kier molecular flexibility index (Phi) is 3.02.